The fourth-order valence-electron chi connectivity index (χ4n) is 3.79. The van der Waals surface area contributed by atoms with E-state index in [9.17, 15) is 19.2 Å². The fourth-order valence-corrected chi connectivity index (χ4v) is 3.79. The quantitative estimate of drug-likeness (QED) is 0.260. The third-order valence-electron chi connectivity index (χ3n) is 5.60. The van der Waals surface area contributed by atoms with Gasteiger partial charge >= 0.3 is 11.8 Å². The van der Waals surface area contributed by atoms with Crippen LogP contribution in [0.5, 0.6) is 0 Å². The van der Waals surface area contributed by atoms with Gasteiger partial charge in [0.1, 0.15) is 5.78 Å². The first-order valence-corrected chi connectivity index (χ1v) is 11.9. The Bertz CT molecular complexity index is 980. The number of benzene rings is 2. The van der Waals surface area contributed by atoms with E-state index in [0.29, 0.717) is 38.1 Å². The molecule has 3 amide bonds. The van der Waals surface area contributed by atoms with E-state index in [0.717, 1.165) is 11.1 Å². The SMILES string of the molecule is CCC/C(=N\NC(=O)C(N)=O)[C@H](CC)C(=O)CCC(=O)N(Cc1ccccc1)Cc1ccccc1. The molecule has 0 aliphatic rings. The molecule has 0 unspecified atom stereocenters. The summed E-state index contributed by atoms with van der Waals surface area (Å²) in [5, 5.41) is 4.00. The largest absolute Gasteiger partial charge is 0.361 e. The number of amides is 3. The first kappa shape index (κ1) is 27.4. The molecule has 8 nitrogen and oxygen atoms in total. The summed E-state index contributed by atoms with van der Waals surface area (Å²) in [6, 6.07) is 19.5. The number of ketones is 1. The van der Waals surface area contributed by atoms with Crippen LogP contribution in [-0.2, 0) is 32.3 Å². The van der Waals surface area contributed by atoms with Crippen molar-refractivity contribution in [3.8, 4) is 0 Å². The van der Waals surface area contributed by atoms with Crippen LogP contribution in [0.25, 0.3) is 0 Å². The van der Waals surface area contributed by atoms with E-state index in [-0.39, 0.29) is 24.5 Å². The third-order valence-corrected chi connectivity index (χ3v) is 5.60. The summed E-state index contributed by atoms with van der Waals surface area (Å²) in [6.45, 7) is 4.67. The topological polar surface area (TPSA) is 122 Å². The molecule has 2 aromatic rings. The van der Waals surface area contributed by atoms with Crippen molar-refractivity contribution in [2.45, 2.75) is 59.0 Å². The van der Waals surface area contributed by atoms with Gasteiger partial charge in [-0.05, 0) is 24.0 Å². The Labute approximate surface area is 206 Å². The molecule has 1 atom stereocenters. The molecule has 2 aromatic carbocycles. The van der Waals surface area contributed by atoms with E-state index in [4.69, 9.17) is 5.73 Å². The van der Waals surface area contributed by atoms with Crippen LogP contribution in [0.4, 0.5) is 0 Å². The molecule has 0 fully saturated rings. The molecule has 186 valence electrons. The number of Topliss-reactive ketones (excluding diaryl/α,β-unsaturated/α-hetero) is 1. The zero-order valence-corrected chi connectivity index (χ0v) is 20.4. The van der Waals surface area contributed by atoms with E-state index in [1.807, 2.05) is 74.5 Å². The second kappa shape index (κ2) is 14.5. The third kappa shape index (κ3) is 9.16. The Hall–Kier alpha value is -3.81. The molecule has 35 heavy (non-hydrogen) atoms. The van der Waals surface area contributed by atoms with Crippen molar-refractivity contribution in [1.82, 2.24) is 10.3 Å². The van der Waals surface area contributed by atoms with Gasteiger partial charge in [0.2, 0.25) is 5.91 Å². The Morgan fingerprint density at radius 2 is 1.40 bits per heavy atom. The maximum absolute atomic E-state index is 13.2. The van der Waals surface area contributed by atoms with Gasteiger partial charge in [0, 0.05) is 31.6 Å². The minimum atomic E-state index is -1.15. The van der Waals surface area contributed by atoms with Gasteiger partial charge in [-0.2, -0.15) is 5.10 Å². The molecular weight excluding hydrogens is 444 g/mol. The van der Waals surface area contributed by atoms with E-state index < -0.39 is 17.7 Å². The van der Waals surface area contributed by atoms with Gasteiger partial charge in [0.15, 0.2) is 0 Å². The molecule has 2 rings (SSSR count). The molecule has 0 aliphatic carbocycles. The standard InChI is InChI=1S/C27H34N4O4/c1-3-11-23(29-30-27(35)26(28)34)22(4-2)24(32)16-17-25(33)31(18-20-12-7-5-8-13-20)19-21-14-9-6-10-15-21/h5-10,12-15,22H,3-4,11,16-19H2,1-2H3,(H2,28,34)(H,30,35)/b29-23+/t22-/m0/s1. The van der Waals surface area contributed by atoms with Crippen LogP contribution in [0, 0.1) is 5.92 Å². The molecule has 0 heterocycles. The highest BCUT2D eigenvalue weighted by Crippen LogP contribution is 2.17. The van der Waals surface area contributed by atoms with Crippen LogP contribution in [0.15, 0.2) is 65.8 Å². The van der Waals surface area contributed by atoms with Gasteiger partial charge in [0.25, 0.3) is 0 Å². The lowest BCUT2D eigenvalue weighted by molar-refractivity contribution is -0.137. The number of nitrogens with one attached hydrogen (secondary N) is 1. The minimum Gasteiger partial charge on any atom is -0.361 e. The average molecular weight is 479 g/mol. The summed E-state index contributed by atoms with van der Waals surface area (Å²) in [7, 11) is 0. The highest BCUT2D eigenvalue weighted by Gasteiger charge is 2.24. The number of nitrogens with two attached hydrogens (primary N) is 1. The number of primary amides is 1. The average Bonchev–Trinajstić information content (AvgIpc) is 2.86. The first-order chi connectivity index (χ1) is 16.8. The Morgan fingerprint density at radius 3 is 1.86 bits per heavy atom. The van der Waals surface area contributed by atoms with Gasteiger partial charge in [-0.1, -0.05) is 80.9 Å². The predicted molar refractivity (Wildman–Crippen MR) is 135 cm³/mol. The molecule has 0 saturated carbocycles. The fraction of sp³-hybridized carbons (Fsp3) is 0.370. The zero-order valence-electron chi connectivity index (χ0n) is 20.4. The lowest BCUT2D eigenvalue weighted by Crippen LogP contribution is -2.35. The number of nitrogens with zero attached hydrogens (tertiary/aromatic N) is 2. The van der Waals surface area contributed by atoms with Crippen molar-refractivity contribution >= 4 is 29.2 Å². The summed E-state index contributed by atoms with van der Waals surface area (Å²) < 4.78 is 0. The number of carbonyl (C=O) groups excluding carboxylic acids is 4. The highest BCUT2D eigenvalue weighted by molar-refractivity contribution is 6.34. The predicted octanol–water partition coefficient (Wildman–Crippen LogP) is 3.35. The Kier molecular flexibility index (Phi) is 11.3. The maximum Gasteiger partial charge on any atom is 0.329 e. The van der Waals surface area contributed by atoms with Crippen molar-refractivity contribution in [3.63, 3.8) is 0 Å². The van der Waals surface area contributed by atoms with E-state index in [1.54, 1.807) is 4.90 Å². The lowest BCUT2D eigenvalue weighted by Gasteiger charge is -2.24. The molecule has 0 aromatic heterocycles. The van der Waals surface area contributed by atoms with Crippen LogP contribution in [0.2, 0.25) is 0 Å². The van der Waals surface area contributed by atoms with Crippen molar-refractivity contribution < 1.29 is 19.2 Å². The number of carbonyl (C=O) groups is 4. The number of hydrogen-bond acceptors (Lipinski definition) is 5. The molecule has 0 spiro atoms. The van der Waals surface area contributed by atoms with Gasteiger partial charge < -0.3 is 10.6 Å². The van der Waals surface area contributed by atoms with Gasteiger partial charge in [-0.15, -0.1) is 0 Å². The zero-order chi connectivity index (χ0) is 25.6. The lowest BCUT2D eigenvalue weighted by atomic mass is 9.90. The van der Waals surface area contributed by atoms with E-state index >= 15 is 0 Å². The second-order valence-electron chi connectivity index (χ2n) is 8.31. The Balaban J connectivity index is 2.10. The summed E-state index contributed by atoms with van der Waals surface area (Å²) in [4.78, 5) is 50.5. The molecular formula is C27H34N4O4. The molecule has 0 bridgehead atoms. The number of rotatable bonds is 13. The van der Waals surface area contributed by atoms with Crippen LogP contribution in [-0.4, -0.2) is 34.1 Å². The van der Waals surface area contributed by atoms with Gasteiger partial charge in [-0.25, -0.2) is 5.43 Å². The van der Waals surface area contributed by atoms with Crippen molar-refractivity contribution in [2.75, 3.05) is 0 Å². The number of hydrogen-bond donors (Lipinski definition) is 2. The molecule has 0 saturated heterocycles. The Morgan fingerprint density at radius 1 is 0.857 bits per heavy atom. The smallest absolute Gasteiger partial charge is 0.329 e. The summed E-state index contributed by atoms with van der Waals surface area (Å²) >= 11 is 0. The van der Waals surface area contributed by atoms with Crippen molar-refractivity contribution in [3.05, 3.63) is 71.8 Å². The van der Waals surface area contributed by atoms with Crippen LogP contribution in [0.3, 0.4) is 0 Å². The summed E-state index contributed by atoms with van der Waals surface area (Å²) in [6.07, 6.45) is 1.78. The first-order valence-electron chi connectivity index (χ1n) is 11.9. The summed E-state index contributed by atoms with van der Waals surface area (Å²) in [5.74, 6) is -2.97. The van der Waals surface area contributed by atoms with Crippen LogP contribution >= 0.6 is 0 Å². The normalized spacial score (nSPS) is 12.0. The molecule has 8 heteroatoms. The molecule has 0 radical (unpaired) electrons. The molecule has 0 aliphatic heterocycles. The van der Waals surface area contributed by atoms with Crippen LogP contribution < -0.4 is 11.2 Å². The van der Waals surface area contributed by atoms with Crippen molar-refractivity contribution in [2.24, 2.45) is 16.8 Å². The molecule has 3 N–H and O–H groups in total. The second-order valence-corrected chi connectivity index (χ2v) is 8.31. The monoisotopic (exact) mass is 478 g/mol. The van der Waals surface area contributed by atoms with E-state index in [1.165, 1.54) is 0 Å². The summed E-state index contributed by atoms with van der Waals surface area (Å²) in [5.41, 5.74) is 9.58. The minimum absolute atomic E-state index is 0.0594. The van der Waals surface area contributed by atoms with E-state index in [2.05, 4.69) is 10.5 Å². The highest BCUT2D eigenvalue weighted by atomic mass is 16.2. The van der Waals surface area contributed by atoms with Gasteiger partial charge in [0.05, 0.1) is 5.92 Å². The van der Waals surface area contributed by atoms with Gasteiger partial charge in [-0.3, -0.25) is 19.2 Å². The van der Waals surface area contributed by atoms with Crippen LogP contribution in [0.1, 0.15) is 57.1 Å². The number of hydrazone groups is 1. The maximum atomic E-state index is 13.2. The van der Waals surface area contributed by atoms with Crippen molar-refractivity contribution in [1.29, 1.82) is 0 Å².